The molecular formula is C11H25N5O2. The number of hydrazine groups is 1. The van der Waals surface area contributed by atoms with Gasteiger partial charge in [0.15, 0.2) is 0 Å². The first-order valence-corrected chi connectivity index (χ1v) is 5.86. The standard InChI is InChI=1S/C11H25N5O2/c1-8(7-18-5)14-10(16-12)13-6-9(17)15-11(2,3)4/h8H,6-7,12H2,1-5H3,(H,15,17)(H2,13,14,16). The SMILES string of the molecule is COCC(C)NC(=NCC(=O)NC(C)(C)C)NN. The van der Waals surface area contributed by atoms with Crippen LogP contribution in [0.15, 0.2) is 4.99 Å². The molecule has 1 atom stereocenters. The highest BCUT2D eigenvalue weighted by molar-refractivity contribution is 5.85. The van der Waals surface area contributed by atoms with Crippen LogP contribution in [-0.4, -0.2) is 43.7 Å². The van der Waals surface area contributed by atoms with Crippen molar-refractivity contribution in [1.29, 1.82) is 0 Å². The number of nitrogens with one attached hydrogen (secondary N) is 3. The van der Waals surface area contributed by atoms with E-state index in [4.69, 9.17) is 10.6 Å². The summed E-state index contributed by atoms with van der Waals surface area (Å²) >= 11 is 0. The maximum Gasteiger partial charge on any atom is 0.242 e. The highest BCUT2D eigenvalue weighted by Gasteiger charge is 2.13. The number of amides is 1. The maximum atomic E-state index is 11.6. The molecule has 0 rings (SSSR count). The monoisotopic (exact) mass is 259 g/mol. The lowest BCUT2D eigenvalue weighted by molar-refractivity contribution is -0.121. The first-order chi connectivity index (χ1) is 8.28. The first-order valence-electron chi connectivity index (χ1n) is 5.86. The number of aliphatic imine (C=N–C) groups is 1. The fourth-order valence-corrected chi connectivity index (χ4v) is 1.27. The minimum Gasteiger partial charge on any atom is -0.383 e. The Morgan fingerprint density at radius 2 is 2.06 bits per heavy atom. The van der Waals surface area contributed by atoms with Crippen LogP contribution in [0.3, 0.4) is 0 Å². The van der Waals surface area contributed by atoms with Crippen LogP contribution in [0, 0.1) is 0 Å². The second kappa shape index (κ2) is 7.88. The smallest absolute Gasteiger partial charge is 0.242 e. The highest BCUT2D eigenvalue weighted by atomic mass is 16.5. The van der Waals surface area contributed by atoms with Crippen molar-refractivity contribution in [1.82, 2.24) is 16.1 Å². The Morgan fingerprint density at radius 3 is 2.50 bits per heavy atom. The van der Waals surface area contributed by atoms with Gasteiger partial charge in [-0.25, -0.2) is 10.8 Å². The van der Waals surface area contributed by atoms with Crippen molar-refractivity contribution in [3.8, 4) is 0 Å². The molecule has 0 bridgehead atoms. The predicted octanol–water partition coefficient (Wildman–Crippen LogP) is -0.655. The number of rotatable bonds is 5. The number of nitrogens with two attached hydrogens (primary N) is 1. The normalized spacial score (nSPS) is 14.0. The molecule has 5 N–H and O–H groups in total. The van der Waals surface area contributed by atoms with Crippen molar-refractivity contribution >= 4 is 11.9 Å². The third-order valence-electron chi connectivity index (χ3n) is 1.83. The molecule has 0 radical (unpaired) electrons. The first kappa shape index (κ1) is 16.7. The van der Waals surface area contributed by atoms with E-state index in [1.165, 1.54) is 0 Å². The van der Waals surface area contributed by atoms with Crippen LogP contribution in [0.5, 0.6) is 0 Å². The van der Waals surface area contributed by atoms with Crippen molar-refractivity contribution in [2.24, 2.45) is 10.8 Å². The Morgan fingerprint density at radius 1 is 1.44 bits per heavy atom. The molecule has 0 aliphatic rings. The molecule has 0 aromatic rings. The van der Waals surface area contributed by atoms with Crippen molar-refractivity contribution in [2.75, 3.05) is 20.3 Å². The molecule has 0 heterocycles. The summed E-state index contributed by atoms with van der Waals surface area (Å²) in [5.74, 6) is 5.52. The van der Waals surface area contributed by atoms with Crippen LogP contribution in [-0.2, 0) is 9.53 Å². The molecular weight excluding hydrogens is 234 g/mol. The van der Waals surface area contributed by atoms with Gasteiger partial charge >= 0.3 is 0 Å². The summed E-state index contributed by atoms with van der Waals surface area (Å²) in [6.07, 6.45) is 0. The Hall–Kier alpha value is -1.34. The van der Waals surface area contributed by atoms with Gasteiger partial charge in [-0.15, -0.1) is 0 Å². The number of guanidine groups is 1. The van der Waals surface area contributed by atoms with E-state index in [1.54, 1.807) is 7.11 Å². The molecule has 0 aromatic carbocycles. The average Bonchev–Trinajstić information content (AvgIpc) is 2.22. The van der Waals surface area contributed by atoms with Gasteiger partial charge in [-0.05, 0) is 27.7 Å². The molecule has 1 unspecified atom stereocenters. The van der Waals surface area contributed by atoms with Crippen molar-refractivity contribution in [3.05, 3.63) is 0 Å². The fraction of sp³-hybridized carbons (Fsp3) is 0.818. The van der Waals surface area contributed by atoms with Crippen LogP contribution in [0.4, 0.5) is 0 Å². The average molecular weight is 259 g/mol. The third-order valence-corrected chi connectivity index (χ3v) is 1.83. The Kier molecular flexibility index (Phi) is 7.30. The van der Waals surface area contributed by atoms with Gasteiger partial charge < -0.3 is 15.4 Å². The number of hydrogen-bond acceptors (Lipinski definition) is 4. The number of hydrogen-bond donors (Lipinski definition) is 4. The minimum absolute atomic E-state index is 0.0174. The summed E-state index contributed by atoms with van der Waals surface area (Å²) in [6.45, 7) is 8.20. The van der Waals surface area contributed by atoms with Crippen LogP contribution >= 0.6 is 0 Å². The van der Waals surface area contributed by atoms with Crippen molar-refractivity contribution in [2.45, 2.75) is 39.3 Å². The lowest BCUT2D eigenvalue weighted by atomic mass is 10.1. The molecule has 0 fully saturated rings. The summed E-state index contributed by atoms with van der Waals surface area (Å²) in [5, 5.41) is 5.80. The molecule has 0 aliphatic carbocycles. The Labute approximate surface area is 109 Å². The molecule has 7 heteroatoms. The molecule has 0 aliphatic heterocycles. The molecule has 0 saturated carbocycles. The number of methoxy groups -OCH3 is 1. The lowest BCUT2D eigenvalue weighted by Gasteiger charge is -2.20. The zero-order chi connectivity index (χ0) is 14.2. The van der Waals surface area contributed by atoms with E-state index < -0.39 is 0 Å². The van der Waals surface area contributed by atoms with E-state index in [-0.39, 0.29) is 24.0 Å². The lowest BCUT2D eigenvalue weighted by Crippen LogP contribution is -2.48. The van der Waals surface area contributed by atoms with Crippen LogP contribution in [0.2, 0.25) is 0 Å². The third kappa shape index (κ3) is 8.77. The van der Waals surface area contributed by atoms with Gasteiger partial charge in [0.25, 0.3) is 0 Å². The van der Waals surface area contributed by atoms with Crippen LogP contribution in [0.1, 0.15) is 27.7 Å². The topological polar surface area (TPSA) is 101 Å². The Balaban J connectivity index is 4.23. The molecule has 7 nitrogen and oxygen atoms in total. The highest BCUT2D eigenvalue weighted by Crippen LogP contribution is 1.97. The summed E-state index contributed by atoms with van der Waals surface area (Å²) in [7, 11) is 1.61. The van der Waals surface area contributed by atoms with Gasteiger partial charge in [-0.1, -0.05) is 0 Å². The van der Waals surface area contributed by atoms with Gasteiger partial charge in [0.2, 0.25) is 11.9 Å². The van der Waals surface area contributed by atoms with Gasteiger partial charge in [0.1, 0.15) is 6.54 Å². The van der Waals surface area contributed by atoms with E-state index >= 15 is 0 Å². The molecule has 1 amide bonds. The molecule has 0 saturated heterocycles. The van der Waals surface area contributed by atoms with E-state index in [1.807, 2.05) is 27.7 Å². The van der Waals surface area contributed by atoms with Crippen molar-refractivity contribution < 1.29 is 9.53 Å². The Bertz CT molecular complexity index is 286. The summed E-state index contributed by atoms with van der Waals surface area (Å²) in [5.41, 5.74) is 2.15. The minimum atomic E-state index is -0.264. The van der Waals surface area contributed by atoms with E-state index in [0.29, 0.717) is 12.6 Å². The van der Waals surface area contributed by atoms with Crippen LogP contribution in [0.25, 0.3) is 0 Å². The quantitative estimate of drug-likeness (QED) is 0.227. The van der Waals surface area contributed by atoms with Crippen molar-refractivity contribution in [3.63, 3.8) is 0 Å². The molecule has 0 spiro atoms. The summed E-state index contributed by atoms with van der Waals surface area (Å²) in [6, 6.07) is 0.0514. The fourth-order valence-electron chi connectivity index (χ4n) is 1.27. The zero-order valence-electron chi connectivity index (χ0n) is 11.8. The van der Waals surface area contributed by atoms with Gasteiger partial charge in [0.05, 0.1) is 6.61 Å². The van der Waals surface area contributed by atoms with Gasteiger partial charge in [0, 0.05) is 18.7 Å². The molecule has 18 heavy (non-hydrogen) atoms. The van der Waals surface area contributed by atoms with Gasteiger partial charge in [-0.3, -0.25) is 10.2 Å². The number of nitrogens with zero attached hydrogens (tertiary/aromatic N) is 1. The molecule has 0 aromatic heterocycles. The summed E-state index contributed by atoms with van der Waals surface area (Å²) < 4.78 is 4.98. The predicted molar refractivity (Wildman–Crippen MR) is 72.0 cm³/mol. The van der Waals surface area contributed by atoms with E-state index in [9.17, 15) is 4.79 Å². The molecule has 106 valence electrons. The summed E-state index contributed by atoms with van der Waals surface area (Å²) in [4.78, 5) is 15.6. The van der Waals surface area contributed by atoms with E-state index in [0.717, 1.165) is 0 Å². The second-order valence-electron chi connectivity index (χ2n) is 5.11. The zero-order valence-corrected chi connectivity index (χ0v) is 11.8. The second-order valence-corrected chi connectivity index (χ2v) is 5.11. The maximum absolute atomic E-state index is 11.6. The number of ether oxygens (including phenoxy) is 1. The number of carbonyl (C=O) groups excluding carboxylic acids is 1. The largest absolute Gasteiger partial charge is 0.383 e. The van der Waals surface area contributed by atoms with Crippen LogP contribution < -0.4 is 21.9 Å². The number of carbonyl (C=O) groups is 1. The van der Waals surface area contributed by atoms with Gasteiger partial charge in [-0.2, -0.15) is 0 Å². The van der Waals surface area contributed by atoms with E-state index in [2.05, 4.69) is 21.1 Å².